The van der Waals surface area contributed by atoms with Gasteiger partial charge >= 0.3 is 11.6 Å². The minimum absolute atomic E-state index is 0.0917. The quantitative estimate of drug-likeness (QED) is 0.566. The fourth-order valence-corrected chi connectivity index (χ4v) is 3.99. The third kappa shape index (κ3) is 4.28. The van der Waals surface area contributed by atoms with Crippen LogP contribution in [-0.4, -0.2) is 31.1 Å². The van der Waals surface area contributed by atoms with Crippen molar-refractivity contribution in [3.05, 3.63) is 39.7 Å². The van der Waals surface area contributed by atoms with Gasteiger partial charge in [0.1, 0.15) is 16.9 Å². The third-order valence-electron chi connectivity index (χ3n) is 5.60. The SMILES string of the molecule is CCOC(=O)C1(NC(=O)CCc2c(C)c3ccc(OC)cc3oc2=O)CCCC1. The van der Waals surface area contributed by atoms with Gasteiger partial charge in [0, 0.05) is 23.4 Å². The Labute approximate surface area is 169 Å². The molecule has 1 aliphatic rings. The zero-order chi connectivity index (χ0) is 21.0. The predicted molar refractivity (Wildman–Crippen MR) is 108 cm³/mol. The van der Waals surface area contributed by atoms with Crippen molar-refractivity contribution in [1.29, 1.82) is 0 Å². The Morgan fingerprint density at radius 3 is 2.62 bits per heavy atom. The highest BCUT2D eigenvalue weighted by Crippen LogP contribution is 2.31. The number of hydrogen-bond donors (Lipinski definition) is 1. The first-order valence-corrected chi connectivity index (χ1v) is 9.99. The summed E-state index contributed by atoms with van der Waals surface area (Å²) in [6.07, 6.45) is 3.23. The van der Waals surface area contributed by atoms with Gasteiger partial charge in [-0.05, 0) is 50.8 Å². The molecule has 0 bridgehead atoms. The van der Waals surface area contributed by atoms with E-state index >= 15 is 0 Å². The number of carbonyl (C=O) groups is 2. The monoisotopic (exact) mass is 401 g/mol. The van der Waals surface area contributed by atoms with Crippen molar-refractivity contribution in [3.8, 4) is 5.75 Å². The number of carbonyl (C=O) groups excluding carboxylic acids is 2. The van der Waals surface area contributed by atoms with Crippen LogP contribution in [0.1, 0.15) is 50.2 Å². The van der Waals surface area contributed by atoms with E-state index in [-0.39, 0.29) is 31.3 Å². The van der Waals surface area contributed by atoms with Gasteiger partial charge in [-0.2, -0.15) is 0 Å². The summed E-state index contributed by atoms with van der Waals surface area (Å²) in [5.74, 6) is -0.0391. The molecule has 156 valence electrons. The molecule has 0 saturated heterocycles. The standard InChI is InChI=1S/C22H27NO6/c1-4-28-21(26)22(11-5-6-12-22)23-19(24)10-9-17-14(2)16-8-7-15(27-3)13-18(16)29-20(17)25/h7-8,13H,4-6,9-12H2,1-3H3,(H,23,24). The number of esters is 1. The van der Waals surface area contributed by atoms with Crippen LogP contribution < -0.4 is 15.7 Å². The number of ether oxygens (including phenoxy) is 2. The van der Waals surface area contributed by atoms with E-state index in [0.717, 1.165) is 23.8 Å². The molecular weight excluding hydrogens is 374 g/mol. The van der Waals surface area contributed by atoms with E-state index < -0.39 is 11.2 Å². The zero-order valence-electron chi connectivity index (χ0n) is 17.1. The molecule has 1 aliphatic carbocycles. The van der Waals surface area contributed by atoms with Crippen LogP contribution in [-0.2, 0) is 20.7 Å². The second-order valence-corrected chi connectivity index (χ2v) is 7.41. The molecule has 0 unspecified atom stereocenters. The van der Waals surface area contributed by atoms with Crippen LogP contribution in [0.15, 0.2) is 27.4 Å². The lowest BCUT2D eigenvalue weighted by Gasteiger charge is -2.27. The maximum Gasteiger partial charge on any atom is 0.339 e. The molecule has 1 saturated carbocycles. The van der Waals surface area contributed by atoms with Gasteiger partial charge in [0.05, 0.1) is 13.7 Å². The smallest absolute Gasteiger partial charge is 0.339 e. The van der Waals surface area contributed by atoms with Crippen LogP contribution in [0, 0.1) is 6.92 Å². The van der Waals surface area contributed by atoms with Gasteiger partial charge in [0.25, 0.3) is 0 Å². The molecule has 1 aromatic carbocycles. The first-order chi connectivity index (χ1) is 13.9. The summed E-state index contributed by atoms with van der Waals surface area (Å²) in [4.78, 5) is 37.4. The fraction of sp³-hybridized carbons (Fsp3) is 0.500. The van der Waals surface area contributed by atoms with Crippen molar-refractivity contribution < 1.29 is 23.5 Å². The van der Waals surface area contributed by atoms with Crippen molar-refractivity contribution in [3.63, 3.8) is 0 Å². The average molecular weight is 401 g/mol. The molecule has 1 amide bonds. The van der Waals surface area contributed by atoms with Crippen LogP contribution in [0.5, 0.6) is 5.75 Å². The Kier molecular flexibility index (Phi) is 6.25. The molecule has 29 heavy (non-hydrogen) atoms. The van der Waals surface area contributed by atoms with Gasteiger partial charge in [-0.1, -0.05) is 12.8 Å². The second kappa shape index (κ2) is 8.68. The molecular formula is C22H27NO6. The molecule has 0 radical (unpaired) electrons. The van der Waals surface area contributed by atoms with Crippen LogP contribution in [0.2, 0.25) is 0 Å². The number of rotatable bonds is 7. The van der Waals surface area contributed by atoms with Crippen molar-refractivity contribution in [1.82, 2.24) is 5.32 Å². The summed E-state index contributed by atoms with van der Waals surface area (Å²) in [5, 5.41) is 3.68. The van der Waals surface area contributed by atoms with E-state index in [1.54, 1.807) is 26.2 Å². The lowest BCUT2D eigenvalue weighted by Crippen LogP contribution is -2.53. The van der Waals surface area contributed by atoms with E-state index in [2.05, 4.69) is 5.32 Å². The molecule has 0 aliphatic heterocycles. The maximum absolute atomic E-state index is 12.6. The van der Waals surface area contributed by atoms with Crippen LogP contribution in [0.25, 0.3) is 11.0 Å². The molecule has 2 aromatic rings. The Balaban J connectivity index is 1.75. The lowest BCUT2D eigenvalue weighted by molar-refractivity contribution is -0.153. The summed E-state index contributed by atoms with van der Waals surface area (Å²) in [5.41, 5.74) is 0.304. The Hall–Kier alpha value is -2.83. The van der Waals surface area contributed by atoms with Gasteiger partial charge in [0.2, 0.25) is 5.91 Å². The van der Waals surface area contributed by atoms with Gasteiger partial charge in [-0.3, -0.25) is 4.79 Å². The molecule has 7 nitrogen and oxygen atoms in total. The van der Waals surface area contributed by atoms with Gasteiger partial charge in [-0.25, -0.2) is 9.59 Å². The maximum atomic E-state index is 12.6. The van der Waals surface area contributed by atoms with E-state index in [1.807, 2.05) is 13.0 Å². The van der Waals surface area contributed by atoms with E-state index in [9.17, 15) is 14.4 Å². The van der Waals surface area contributed by atoms with E-state index in [0.29, 0.717) is 29.7 Å². The zero-order valence-corrected chi connectivity index (χ0v) is 17.1. The number of fused-ring (bicyclic) bond motifs is 1. The van der Waals surface area contributed by atoms with E-state index in [4.69, 9.17) is 13.9 Å². The highest BCUT2D eigenvalue weighted by atomic mass is 16.5. The average Bonchev–Trinajstić information content (AvgIpc) is 3.17. The first kappa shape index (κ1) is 20.9. The molecule has 1 aromatic heterocycles. The summed E-state index contributed by atoms with van der Waals surface area (Å²) in [6.45, 7) is 3.87. The molecule has 0 spiro atoms. The molecule has 7 heteroatoms. The number of hydrogen-bond acceptors (Lipinski definition) is 6. The summed E-state index contributed by atoms with van der Waals surface area (Å²) in [7, 11) is 1.55. The Morgan fingerprint density at radius 1 is 1.24 bits per heavy atom. The first-order valence-electron chi connectivity index (χ1n) is 9.99. The van der Waals surface area contributed by atoms with Crippen LogP contribution >= 0.6 is 0 Å². The topological polar surface area (TPSA) is 94.8 Å². The summed E-state index contributed by atoms with van der Waals surface area (Å²) < 4.78 is 15.8. The second-order valence-electron chi connectivity index (χ2n) is 7.41. The molecule has 1 fully saturated rings. The molecule has 1 N–H and O–H groups in total. The summed E-state index contributed by atoms with van der Waals surface area (Å²) in [6, 6.07) is 5.31. The van der Waals surface area contributed by atoms with Gasteiger partial charge < -0.3 is 19.2 Å². The molecule has 1 heterocycles. The van der Waals surface area contributed by atoms with Gasteiger partial charge in [0.15, 0.2) is 0 Å². The normalized spacial score (nSPS) is 15.3. The number of nitrogens with one attached hydrogen (secondary N) is 1. The molecule has 0 atom stereocenters. The van der Waals surface area contributed by atoms with Gasteiger partial charge in [-0.15, -0.1) is 0 Å². The summed E-state index contributed by atoms with van der Waals surface area (Å²) >= 11 is 0. The molecule has 3 rings (SSSR count). The largest absolute Gasteiger partial charge is 0.497 e. The van der Waals surface area contributed by atoms with E-state index in [1.165, 1.54) is 0 Å². The van der Waals surface area contributed by atoms with Crippen molar-refractivity contribution in [2.75, 3.05) is 13.7 Å². The Morgan fingerprint density at radius 2 is 1.97 bits per heavy atom. The number of methoxy groups -OCH3 is 1. The van der Waals surface area contributed by atoms with Crippen LogP contribution in [0.4, 0.5) is 0 Å². The highest BCUT2D eigenvalue weighted by molar-refractivity contribution is 5.88. The number of amides is 1. The fourth-order valence-electron chi connectivity index (χ4n) is 3.99. The third-order valence-corrected chi connectivity index (χ3v) is 5.60. The predicted octanol–water partition coefficient (Wildman–Crippen LogP) is 3.03. The minimum atomic E-state index is -0.938. The van der Waals surface area contributed by atoms with Crippen molar-refractivity contribution >= 4 is 22.8 Å². The van der Waals surface area contributed by atoms with Crippen molar-refractivity contribution in [2.45, 2.75) is 57.9 Å². The van der Waals surface area contributed by atoms with Crippen molar-refractivity contribution in [2.24, 2.45) is 0 Å². The van der Waals surface area contributed by atoms with Crippen LogP contribution in [0.3, 0.4) is 0 Å². The Bertz CT molecular complexity index is 971. The minimum Gasteiger partial charge on any atom is -0.497 e. The lowest BCUT2D eigenvalue weighted by atomic mass is 9.96. The highest BCUT2D eigenvalue weighted by Gasteiger charge is 2.43. The number of benzene rings is 1. The number of aryl methyl sites for hydroxylation is 1.